The maximum atomic E-state index is 12.9. The molecule has 0 bridgehead atoms. The van der Waals surface area contributed by atoms with Crippen molar-refractivity contribution in [1.29, 1.82) is 0 Å². The van der Waals surface area contributed by atoms with Gasteiger partial charge in [-0.05, 0) is 67.6 Å². The van der Waals surface area contributed by atoms with Gasteiger partial charge in [0.2, 0.25) is 11.8 Å². The highest BCUT2D eigenvalue weighted by Gasteiger charge is 2.39. The highest BCUT2D eigenvalue weighted by atomic mass is 16.2. The summed E-state index contributed by atoms with van der Waals surface area (Å²) in [6.07, 6.45) is 4.47. The number of hydrogen-bond donors (Lipinski definition) is 1. The Morgan fingerprint density at radius 3 is 2.65 bits per heavy atom. The standard InChI is InChI=1S/C23H25N5O3/c29-21-6-5-20(22(30)25-21)28-13-17-12-16(3-4-19(17)23(28)31)15-7-10-27(11-8-15)14-18-2-1-9-24-26-18/h1-4,9,12,15,20H,5-8,10-11,13-14H2,(H,25,29,30). The number of carbonyl (C=O) groups is 3. The summed E-state index contributed by atoms with van der Waals surface area (Å²) >= 11 is 0. The monoisotopic (exact) mass is 419 g/mol. The largest absolute Gasteiger partial charge is 0.322 e. The number of rotatable bonds is 4. The fraction of sp³-hybridized carbons (Fsp3) is 0.435. The second kappa shape index (κ2) is 8.19. The van der Waals surface area contributed by atoms with Crippen LogP contribution in [0, 0.1) is 0 Å². The molecule has 0 saturated carbocycles. The van der Waals surface area contributed by atoms with E-state index in [0.29, 0.717) is 24.4 Å². The molecule has 5 rings (SSSR count). The first-order valence-corrected chi connectivity index (χ1v) is 10.8. The smallest absolute Gasteiger partial charge is 0.255 e. The molecule has 2 aromatic rings. The molecule has 0 radical (unpaired) electrons. The molecule has 1 atom stereocenters. The molecule has 3 aliphatic rings. The first-order valence-electron chi connectivity index (χ1n) is 10.8. The van der Waals surface area contributed by atoms with E-state index in [9.17, 15) is 14.4 Å². The Morgan fingerprint density at radius 1 is 1.06 bits per heavy atom. The van der Waals surface area contributed by atoms with Crippen LogP contribution in [0.3, 0.4) is 0 Å². The van der Waals surface area contributed by atoms with Crippen LogP contribution in [0.5, 0.6) is 0 Å². The van der Waals surface area contributed by atoms with Gasteiger partial charge in [0.05, 0.1) is 5.69 Å². The number of imide groups is 1. The van der Waals surface area contributed by atoms with Gasteiger partial charge in [-0.1, -0.05) is 12.1 Å². The third-order valence-electron chi connectivity index (χ3n) is 6.62. The van der Waals surface area contributed by atoms with Gasteiger partial charge in [-0.3, -0.25) is 24.6 Å². The van der Waals surface area contributed by atoms with Crippen LogP contribution < -0.4 is 5.32 Å². The minimum Gasteiger partial charge on any atom is -0.322 e. The third-order valence-corrected chi connectivity index (χ3v) is 6.62. The van der Waals surface area contributed by atoms with Crippen molar-refractivity contribution in [2.45, 2.75) is 50.7 Å². The number of carbonyl (C=O) groups excluding carboxylic acids is 3. The van der Waals surface area contributed by atoms with Crippen LogP contribution in [0.25, 0.3) is 0 Å². The molecule has 160 valence electrons. The summed E-state index contributed by atoms with van der Waals surface area (Å²) < 4.78 is 0. The van der Waals surface area contributed by atoms with Crippen molar-refractivity contribution in [2.24, 2.45) is 0 Å². The summed E-state index contributed by atoms with van der Waals surface area (Å²) in [6.45, 7) is 3.25. The Balaban J connectivity index is 1.24. The predicted octanol–water partition coefficient (Wildman–Crippen LogP) is 1.62. The minimum atomic E-state index is -0.564. The van der Waals surface area contributed by atoms with Crippen LogP contribution in [-0.4, -0.2) is 56.9 Å². The lowest BCUT2D eigenvalue weighted by Crippen LogP contribution is -2.52. The highest BCUT2D eigenvalue weighted by Crippen LogP contribution is 2.33. The Hall–Kier alpha value is -3.13. The second-order valence-corrected chi connectivity index (χ2v) is 8.58. The van der Waals surface area contributed by atoms with E-state index in [4.69, 9.17) is 0 Å². The normalized spacial score (nSPS) is 22.5. The van der Waals surface area contributed by atoms with Gasteiger partial charge < -0.3 is 4.90 Å². The summed E-state index contributed by atoms with van der Waals surface area (Å²) in [5, 5.41) is 10.5. The molecule has 4 heterocycles. The quantitative estimate of drug-likeness (QED) is 0.757. The molecule has 3 amide bonds. The predicted molar refractivity (Wildman–Crippen MR) is 112 cm³/mol. The Bertz CT molecular complexity index is 1020. The average molecular weight is 419 g/mol. The molecule has 3 aliphatic heterocycles. The Labute approximate surface area is 180 Å². The van der Waals surface area contributed by atoms with E-state index in [1.807, 2.05) is 18.2 Å². The maximum absolute atomic E-state index is 12.9. The number of benzene rings is 1. The molecule has 31 heavy (non-hydrogen) atoms. The molecule has 2 fully saturated rings. The molecule has 2 saturated heterocycles. The lowest BCUT2D eigenvalue weighted by Gasteiger charge is -2.32. The average Bonchev–Trinajstić information content (AvgIpc) is 3.10. The van der Waals surface area contributed by atoms with Gasteiger partial charge in [-0.15, -0.1) is 0 Å². The van der Waals surface area contributed by atoms with Gasteiger partial charge in [-0.2, -0.15) is 10.2 Å². The SMILES string of the molecule is O=C1CCC(N2Cc3cc(C4CCN(Cc5cccnn5)CC4)ccc3C2=O)C(=O)N1. The molecule has 0 spiro atoms. The fourth-order valence-electron chi connectivity index (χ4n) is 4.92. The van der Waals surface area contributed by atoms with E-state index < -0.39 is 6.04 Å². The van der Waals surface area contributed by atoms with Gasteiger partial charge in [0, 0.05) is 31.3 Å². The number of aromatic nitrogens is 2. The van der Waals surface area contributed by atoms with Gasteiger partial charge in [0.1, 0.15) is 6.04 Å². The lowest BCUT2D eigenvalue weighted by molar-refractivity contribution is -0.136. The topological polar surface area (TPSA) is 95.5 Å². The number of hydrogen-bond acceptors (Lipinski definition) is 6. The summed E-state index contributed by atoms with van der Waals surface area (Å²) in [6, 6.07) is 9.47. The van der Waals surface area contributed by atoms with Crippen LogP contribution in [0.4, 0.5) is 0 Å². The maximum Gasteiger partial charge on any atom is 0.255 e. The molecule has 8 heteroatoms. The Morgan fingerprint density at radius 2 is 1.90 bits per heavy atom. The number of amides is 3. The molecular formula is C23H25N5O3. The van der Waals surface area contributed by atoms with Crippen molar-refractivity contribution >= 4 is 17.7 Å². The number of fused-ring (bicyclic) bond motifs is 1. The zero-order chi connectivity index (χ0) is 21.4. The first kappa shape index (κ1) is 19.8. The van der Waals surface area contributed by atoms with Crippen LogP contribution in [-0.2, 0) is 22.7 Å². The summed E-state index contributed by atoms with van der Waals surface area (Å²) in [5.41, 5.74) is 3.91. The van der Waals surface area contributed by atoms with Gasteiger partial charge in [0.15, 0.2) is 0 Å². The summed E-state index contributed by atoms with van der Waals surface area (Å²) in [7, 11) is 0. The highest BCUT2D eigenvalue weighted by molar-refractivity contribution is 6.05. The van der Waals surface area contributed by atoms with Crippen LogP contribution >= 0.6 is 0 Å². The second-order valence-electron chi connectivity index (χ2n) is 8.58. The van der Waals surface area contributed by atoms with Gasteiger partial charge in [0.25, 0.3) is 5.91 Å². The zero-order valence-corrected chi connectivity index (χ0v) is 17.3. The zero-order valence-electron chi connectivity index (χ0n) is 17.3. The summed E-state index contributed by atoms with van der Waals surface area (Å²) in [4.78, 5) is 40.5. The molecular weight excluding hydrogens is 394 g/mol. The van der Waals surface area contributed by atoms with E-state index in [1.54, 1.807) is 11.1 Å². The number of likely N-dealkylation sites (tertiary alicyclic amines) is 1. The first-order chi connectivity index (χ1) is 15.1. The van der Waals surface area contributed by atoms with E-state index in [-0.39, 0.29) is 24.1 Å². The molecule has 1 N–H and O–H groups in total. The summed E-state index contributed by atoms with van der Waals surface area (Å²) in [5.74, 6) is -0.288. The van der Waals surface area contributed by atoms with Crippen molar-refractivity contribution in [3.05, 3.63) is 58.9 Å². The van der Waals surface area contributed by atoms with Crippen molar-refractivity contribution < 1.29 is 14.4 Å². The van der Waals surface area contributed by atoms with Gasteiger partial charge in [-0.25, -0.2) is 0 Å². The molecule has 1 aromatic heterocycles. The molecule has 8 nitrogen and oxygen atoms in total. The minimum absolute atomic E-state index is 0.116. The van der Waals surface area contributed by atoms with Crippen molar-refractivity contribution in [1.82, 2.24) is 25.3 Å². The van der Waals surface area contributed by atoms with Crippen molar-refractivity contribution in [3.8, 4) is 0 Å². The van der Waals surface area contributed by atoms with Crippen LogP contribution in [0.15, 0.2) is 36.5 Å². The van der Waals surface area contributed by atoms with Crippen molar-refractivity contribution in [2.75, 3.05) is 13.1 Å². The fourth-order valence-corrected chi connectivity index (χ4v) is 4.92. The Kier molecular flexibility index (Phi) is 5.23. The number of nitrogens with one attached hydrogen (secondary N) is 1. The number of nitrogens with zero attached hydrogens (tertiary/aromatic N) is 4. The van der Waals surface area contributed by atoms with Crippen LogP contribution in [0.2, 0.25) is 0 Å². The molecule has 1 aromatic carbocycles. The molecule has 1 unspecified atom stereocenters. The van der Waals surface area contributed by atoms with Crippen LogP contribution in [0.1, 0.15) is 58.8 Å². The van der Waals surface area contributed by atoms with E-state index >= 15 is 0 Å². The lowest BCUT2D eigenvalue weighted by atomic mass is 9.88. The molecule has 0 aliphatic carbocycles. The van der Waals surface area contributed by atoms with Gasteiger partial charge >= 0.3 is 0 Å². The van der Waals surface area contributed by atoms with E-state index in [2.05, 4.69) is 32.5 Å². The van der Waals surface area contributed by atoms with E-state index in [0.717, 1.165) is 43.7 Å². The third kappa shape index (κ3) is 3.95. The van der Waals surface area contributed by atoms with E-state index in [1.165, 1.54) is 5.56 Å². The van der Waals surface area contributed by atoms with Crippen molar-refractivity contribution in [3.63, 3.8) is 0 Å². The number of piperidine rings is 2.